The van der Waals surface area contributed by atoms with E-state index in [9.17, 15) is 29.6 Å². The Hall–Kier alpha value is -3.97. The summed E-state index contributed by atoms with van der Waals surface area (Å²) in [6.45, 7) is 1.43. The van der Waals surface area contributed by atoms with Gasteiger partial charge in [0.25, 0.3) is 5.69 Å². The molecule has 1 aliphatic rings. The van der Waals surface area contributed by atoms with Crippen molar-refractivity contribution in [1.29, 1.82) is 0 Å². The van der Waals surface area contributed by atoms with Crippen molar-refractivity contribution in [3.8, 4) is 0 Å². The predicted molar refractivity (Wildman–Crippen MR) is 125 cm³/mol. The third kappa shape index (κ3) is 4.30. The molecule has 4 unspecified atom stereocenters. The molecule has 3 aromatic rings. The lowest BCUT2D eigenvalue weighted by molar-refractivity contribution is -0.384. The van der Waals surface area contributed by atoms with Gasteiger partial charge in [0.1, 0.15) is 5.78 Å². The number of hydrogen-bond donors (Lipinski definition) is 1. The molecule has 0 heterocycles. The fourth-order valence-electron chi connectivity index (χ4n) is 4.87. The zero-order chi connectivity index (χ0) is 24.5. The van der Waals surface area contributed by atoms with Crippen molar-refractivity contribution in [3.05, 3.63) is 112 Å². The first-order chi connectivity index (χ1) is 16.2. The van der Waals surface area contributed by atoms with Gasteiger partial charge in [0.2, 0.25) is 0 Å². The molecule has 34 heavy (non-hydrogen) atoms. The summed E-state index contributed by atoms with van der Waals surface area (Å²) < 4.78 is 0. The summed E-state index contributed by atoms with van der Waals surface area (Å²) in [4.78, 5) is 51.2. The van der Waals surface area contributed by atoms with E-state index in [1.54, 1.807) is 60.7 Å². The van der Waals surface area contributed by atoms with Crippen LogP contribution >= 0.6 is 0 Å². The smallest absolute Gasteiger partial charge is 0.269 e. The van der Waals surface area contributed by atoms with E-state index >= 15 is 0 Å². The van der Waals surface area contributed by atoms with Gasteiger partial charge in [0.15, 0.2) is 11.6 Å². The molecule has 0 amide bonds. The van der Waals surface area contributed by atoms with Crippen LogP contribution in [0.2, 0.25) is 0 Å². The second kappa shape index (κ2) is 9.11. The van der Waals surface area contributed by atoms with Crippen LogP contribution in [-0.4, -0.2) is 33.0 Å². The van der Waals surface area contributed by atoms with Gasteiger partial charge in [-0.1, -0.05) is 72.8 Å². The highest BCUT2D eigenvalue weighted by atomic mass is 16.6. The minimum Gasteiger partial charge on any atom is -0.389 e. The zero-order valence-corrected chi connectivity index (χ0v) is 18.5. The van der Waals surface area contributed by atoms with E-state index in [2.05, 4.69) is 0 Å². The lowest BCUT2D eigenvalue weighted by Gasteiger charge is -2.44. The molecule has 0 bridgehead atoms. The second-order valence-corrected chi connectivity index (χ2v) is 8.79. The van der Waals surface area contributed by atoms with Crippen LogP contribution in [0.25, 0.3) is 0 Å². The Morgan fingerprint density at radius 1 is 0.882 bits per heavy atom. The molecule has 0 spiro atoms. The first kappa shape index (κ1) is 23.2. The van der Waals surface area contributed by atoms with E-state index in [0.717, 1.165) is 0 Å². The van der Waals surface area contributed by atoms with Crippen molar-refractivity contribution in [3.63, 3.8) is 0 Å². The number of ketones is 3. The van der Waals surface area contributed by atoms with Gasteiger partial charge in [-0.25, -0.2) is 0 Å². The van der Waals surface area contributed by atoms with Crippen molar-refractivity contribution in [1.82, 2.24) is 0 Å². The minimum absolute atomic E-state index is 0.158. The standard InChI is InChI=1S/C27H23NO6/c1-27(32)16-21(29)23(25(30)18-8-4-2-5-9-18)22(17-12-14-20(15-13-17)28(33)34)24(27)26(31)19-10-6-3-7-11-19/h2-15,22-24,32H,16H2,1H3. The third-order valence-corrected chi connectivity index (χ3v) is 6.44. The van der Waals surface area contributed by atoms with Crippen LogP contribution in [0.3, 0.4) is 0 Å². The van der Waals surface area contributed by atoms with Crippen LogP contribution in [0.5, 0.6) is 0 Å². The Balaban J connectivity index is 1.89. The monoisotopic (exact) mass is 457 g/mol. The summed E-state index contributed by atoms with van der Waals surface area (Å²) in [5.41, 5.74) is -0.804. The molecule has 0 aromatic heterocycles. The summed E-state index contributed by atoms with van der Waals surface area (Å²) in [6, 6.07) is 22.2. The van der Waals surface area contributed by atoms with Crippen LogP contribution in [0, 0.1) is 22.0 Å². The fraction of sp³-hybridized carbons (Fsp3) is 0.222. The maximum absolute atomic E-state index is 13.7. The molecular formula is C27H23NO6. The highest BCUT2D eigenvalue weighted by Crippen LogP contribution is 2.48. The summed E-state index contributed by atoms with van der Waals surface area (Å²) >= 11 is 0. The Bertz CT molecular complexity index is 1240. The predicted octanol–water partition coefficient (Wildman–Crippen LogP) is 4.40. The molecule has 172 valence electrons. The number of hydrogen-bond acceptors (Lipinski definition) is 6. The normalized spacial score (nSPS) is 24.4. The number of nitro groups is 1. The van der Waals surface area contributed by atoms with Gasteiger partial charge in [-0.2, -0.15) is 0 Å². The van der Waals surface area contributed by atoms with Crippen LogP contribution in [0.15, 0.2) is 84.9 Å². The van der Waals surface area contributed by atoms with Gasteiger partial charge in [0, 0.05) is 35.6 Å². The van der Waals surface area contributed by atoms with Crippen molar-refractivity contribution in [2.24, 2.45) is 11.8 Å². The van der Waals surface area contributed by atoms with Gasteiger partial charge >= 0.3 is 0 Å². The molecule has 7 nitrogen and oxygen atoms in total. The Morgan fingerprint density at radius 3 is 1.88 bits per heavy atom. The van der Waals surface area contributed by atoms with E-state index in [-0.39, 0.29) is 12.1 Å². The minimum atomic E-state index is -1.72. The maximum atomic E-state index is 13.7. The number of nitrogens with zero attached hydrogens (tertiary/aromatic N) is 1. The van der Waals surface area contributed by atoms with Crippen molar-refractivity contribution >= 4 is 23.0 Å². The van der Waals surface area contributed by atoms with Crippen LogP contribution in [0.4, 0.5) is 5.69 Å². The Labute approximate surface area is 196 Å². The number of Topliss-reactive ketones (excluding diaryl/α,β-unsaturated/α-hetero) is 3. The maximum Gasteiger partial charge on any atom is 0.269 e. The number of carbonyl (C=O) groups is 3. The van der Waals surface area contributed by atoms with E-state index in [1.807, 2.05) is 0 Å². The summed E-state index contributed by atoms with van der Waals surface area (Å²) in [7, 11) is 0. The number of non-ortho nitro benzene ring substituents is 1. The lowest BCUT2D eigenvalue weighted by Crippen LogP contribution is -2.54. The molecular weight excluding hydrogens is 434 g/mol. The van der Waals surface area contributed by atoms with E-state index < -0.39 is 45.6 Å². The first-order valence-electron chi connectivity index (χ1n) is 10.9. The van der Waals surface area contributed by atoms with E-state index in [4.69, 9.17) is 0 Å². The van der Waals surface area contributed by atoms with Crippen LogP contribution in [0.1, 0.15) is 45.5 Å². The van der Waals surface area contributed by atoms with Gasteiger partial charge in [-0.15, -0.1) is 0 Å². The average Bonchev–Trinajstić information content (AvgIpc) is 2.83. The molecule has 3 aromatic carbocycles. The highest BCUT2D eigenvalue weighted by molar-refractivity contribution is 6.13. The van der Waals surface area contributed by atoms with E-state index in [1.165, 1.54) is 31.2 Å². The second-order valence-electron chi connectivity index (χ2n) is 8.79. The van der Waals surface area contributed by atoms with Crippen molar-refractivity contribution in [2.45, 2.75) is 24.9 Å². The van der Waals surface area contributed by atoms with Gasteiger partial charge in [-0.05, 0) is 12.5 Å². The highest BCUT2D eigenvalue weighted by Gasteiger charge is 2.55. The molecule has 0 radical (unpaired) electrons. The van der Waals surface area contributed by atoms with Gasteiger partial charge in [-0.3, -0.25) is 24.5 Å². The van der Waals surface area contributed by atoms with Crippen LogP contribution in [-0.2, 0) is 4.79 Å². The molecule has 4 rings (SSSR count). The van der Waals surface area contributed by atoms with Crippen molar-refractivity contribution < 1.29 is 24.4 Å². The molecule has 0 aliphatic heterocycles. The average molecular weight is 457 g/mol. The summed E-state index contributed by atoms with van der Waals surface area (Å²) in [6.07, 6.45) is -0.358. The zero-order valence-electron chi connectivity index (χ0n) is 18.5. The lowest BCUT2D eigenvalue weighted by atomic mass is 9.58. The summed E-state index contributed by atoms with van der Waals surface area (Å²) in [5, 5.41) is 22.5. The number of benzene rings is 3. The van der Waals surface area contributed by atoms with Crippen molar-refractivity contribution in [2.75, 3.05) is 0 Å². The third-order valence-electron chi connectivity index (χ3n) is 6.44. The number of rotatable bonds is 6. The number of aliphatic hydroxyl groups is 1. The van der Waals surface area contributed by atoms with E-state index in [0.29, 0.717) is 16.7 Å². The quantitative estimate of drug-likeness (QED) is 0.254. The largest absolute Gasteiger partial charge is 0.389 e. The SMILES string of the molecule is CC1(O)CC(=O)C(C(=O)c2ccccc2)C(c2ccc([N+](=O)[O-])cc2)C1C(=O)c1ccccc1. The molecule has 1 aliphatic carbocycles. The van der Waals surface area contributed by atoms with Gasteiger partial charge in [0.05, 0.1) is 22.4 Å². The molecule has 1 fully saturated rings. The molecule has 0 saturated heterocycles. The Morgan fingerprint density at radius 2 is 1.38 bits per heavy atom. The van der Waals surface area contributed by atoms with Gasteiger partial charge < -0.3 is 5.11 Å². The number of carbonyl (C=O) groups excluding carboxylic acids is 3. The molecule has 1 saturated carbocycles. The number of nitro benzene ring substituents is 1. The topological polar surface area (TPSA) is 115 Å². The Kier molecular flexibility index (Phi) is 6.22. The molecule has 7 heteroatoms. The molecule has 4 atom stereocenters. The fourth-order valence-corrected chi connectivity index (χ4v) is 4.87. The molecule has 1 N–H and O–H groups in total. The summed E-state index contributed by atoms with van der Waals surface area (Å²) in [5.74, 6) is -4.66. The first-order valence-corrected chi connectivity index (χ1v) is 10.9. The van der Waals surface area contributed by atoms with Crippen LogP contribution < -0.4 is 0 Å².